The summed E-state index contributed by atoms with van der Waals surface area (Å²) in [4.78, 5) is 4.17. The molecule has 2 aromatic rings. The van der Waals surface area contributed by atoms with Gasteiger partial charge in [-0.2, -0.15) is 0 Å². The molecule has 0 saturated heterocycles. The maximum Gasteiger partial charge on any atom is 0.105 e. The summed E-state index contributed by atoms with van der Waals surface area (Å²) in [5, 5.41) is 19.5. The molecule has 2 atom stereocenters. The first-order valence-corrected chi connectivity index (χ1v) is 5.99. The van der Waals surface area contributed by atoms with E-state index in [0.717, 1.165) is 10.2 Å². The summed E-state index contributed by atoms with van der Waals surface area (Å²) in [6.45, 7) is 0.358. The minimum Gasteiger partial charge on any atom is -0.390 e. The van der Waals surface area contributed by atoms with Crippen molar-refractivity contribution in [2.45, 2.75) is 18.6 Å². The molecular formula is C11H14N2O2S. The molecule has 4 nitrogen and oxygen atoms in total. The third kappa shape index (κ3) is 2.22. The predicted octanol–water partition coefficient (Wildman–Crippen LogP) is 1.04. The Balaban J connectivity index is 2.24. The van der Waals surface area contributed by atoms with Crippen molar-refractivity contribution in [1.82, 2.24) is 4.98 Å². The summed E-state index contributed by atoms with van der Waals surface area (Å²) in [5.41, 5.74) is 8.63. The molecular weight excluding hydrogens is 224 g/mol. The second-order valence-electron chi connectivity index (χ2n) is 3.67. The van der Waals surface area contributed by atoms with Gasteiger partial charge in [-0.1, -0.05) is 6.07 Å². The van der Waals surface area contributed by atoms with E-state index in [1.54, 1.807) is 22.9 Å². The zero-order valence-corrected chi connectivity index (χ0v) is 9.52. The molecule has 0 radical (unpaired) electrons. The fourth-order valence-electron chi connectivity index (χ4n) is 1.61. The Morgan fingerprint density at radius 2 is 2.19 bits per heavy atom. The minimum atomic E-state index is -0.894. The van der Waals surface area contributed by atoms with Gasteiger partial charge in [-0.3, -0.25) is 0 Å². The number of aliphatic hydroxyl groups is 2. The van der Waals surface area contributed by atoms with Crippen LogP contribution in [0.25, 0.3) is 10.2 Å². The molecule has 0 saturated carbocycles. The number of hydrogen-bond acceptors (Lipinski definition) is 5. The third-order valence-corrected chi connectivity index (χ3v) is 3.33. The van der Waals surface area contributed by atoms with E-state index in [2.05, 4.69) is 4.98 Å². The molecule has 16 heavy (non-hydrogen) atoms. The standard InChI is InChI=1S/C11H14N2O2S/c12-4-3-9(14)11(15)7-1-2-10-8(5-7)13-6-16-10/h1-2,5-6,9,11,14-15H,3-4,12H2. The van der Waals surface area contributed by atoms with E-state index in [1.165, 1.54) is 0 Å². The van der Waals surface area contributed by atoms with Gasteiger partial charge in [-0.25, -0.2) is 4.98 Å². The first kappa shape index (κ1) is 11.5. The second-order valence-corrected chi connectivity index (χ2v) is 4.56. The van der Waals surface area contributed by atoms with Crippen molar-refractivity contribution in [2.24, 2.45) is 5.73 Å². The Morgan fingerprint density at radius 1 is 1.38 bits per heavy atom. The Morgan fingerprint density at radius 3 is 2.94 bits per heavy atom. The van der Waals surface area contributed by atoms with Gasteiger partial charge < -0.3 is 15.9 Å². The van der Waals surface area contributed by atoms with Gasteiger partial charge in [-0.15, -0.1) is 11.3 Å². The van der Waals surface area contributed by atoms with Crippen LogP contribution in [0.4, 0.5) is 0 Å². The van der Waals surface area contributed by atoms with Crippen LogP contribution in [-0.2, 0) is 0 Å². The maximum atomic E-state index is 9.89. The van der Waals surface area contributed by atoms with Crippen molar-refractivity contribution < 1.29 is 10.2 Å². The molecule has 0 aliphatic rings. The molecule has 5 heteroatoms. The first-order chi connectivity index (χ1) is 7.72. The molecule has 4 N–H and O–H groups in total. The van der Waals surface area contributed by atoms with Crippen LogP contribution in [0.2, 0.25) is 0 Å². The molecule has 1 heterocycles. The minimum absolute atomic E-state index is 0.358. The van der Waals surface area contributed by atoms with Gasteiger partial charge in [0.15, 0.2) is 0 Å². The van der Waals surface area contributed by atoms with Gasteiger partial charge in [0.1, 0.15) is 6.10 Å². The smallest absolute Gasteiger partial charge is 0.105 e. The normalized spacial score (nSPS) is 15.2. The van der Waals surface area contributed by atoms with Crippen LogP contribution in [0.3, 0.4) is 0 Å². The summed E-state index contributed by atoms with van der Waals surface area (Å²) < 4.78 is 1.07. The van der Waals surface area contributed by atoms with Crippen molar-refractivity contribution in [3.63, 3.8) is 0 Å². The van der Waals surface area contributed by atoms with Crippen LogP contribution >= 0.6 is 11.3 Å². The fourth-order valence-corrected chi connectivity index (χ4v) is 2.27. The zero-order valence-electron chi connectivity index (χ0n) is 8.71. The lowest BCUT2D eigenvalue weighted by Crippen LogP contribution is -2.21. The zero-order chi connectivity index (χ0) is 11.5. The Hall–Kier alpha value is -1.01. The predicted molar refractivity (Wildman–Crippen MR) is 64.3 cm³/mol. The molecule has 2 unspecified atom stereocenters. The number of aliphatic hydroxyl groups excluding tert-OH is 2. The summed E-state index contributed by atoms with van der Waals surface area (Å²) >= 11 is 1.55. The molecule has 86 valence electrons. The monoisotopic (exact) mass is 238 g/mol. The van der Waals surface area contributed by atoms with Crippen LogP contribution in [0.5, 0.6) is 0 Å². The van der Waals surface area contributed by atoms with E-state index < -0.39 is 12.2 Å². The number of aromatic nitrogens is 1. The maximum absolute atomic E-state index is 9.89. The van der Waals surface area contributed by atoms with Gasteiger partial charge in [0.25, 0.3) is 0 Å². The van der Waals surface area contributed by atoms with E-state index >= 15 is 0 Å². The third-order valence-electron chi connectivity index (χ3n) is 2.52. The van der Waals surface area contributed by atoms with Crippen LogP contribution in [-0.4, -0.2) is 27.8 Å². The van der Waals surface area contributed by atoms with Gasteiger partial charge in [0.05, 0.1) is 21.8 Å². The highest BCUT2D eigenvalue weighted by atomic mass is 32.1. The van der Waals surface area contributed by atoms with Crippen molar-refractivity contribution in [3.8, 4) is 0 Å². The lowest BCUT2D eigenvalue weighted by molar-refractivity contribution is 0.0151. The highest BCUT2D eigenvalue weighted by Gasteiger charge is 2.17. The Labute approximate surface area is 97.4 Å². The van der Waals surface area contributed by atoms with Crippen molar-refractivity contribution in [3.05, 3.63) is 29.3 Å². The van der Waals surface area contributed by atoms with Crippen molar-refractivity contribution in [2.75, 3.05) is 6.54 Å². The summed E-state index contributed by atoms with van der Waals surface area (Å²) in [6.07, 6.45) is -1.33. The number of benzene rings is 1. The van der Waals surface area contributed by atoms with E-state index in [4.69, 9.17) is 5.73 Å². The van der Waals surface area contributed by atoms with Crippen LogP contribution < -0.4 is 5.73 Å². The van der Waals surface area contributed by atoms with E-state index in [-0.39, 0.29) is 0 Å². The van der Waals surface area contributed by atoms with Crippen molar-refractivity contribution >= 4 is 21.6 Å². The number of hydrogen-bond donors (Lipinski definition) is 3. The van der Waals surface area contributed by atoms with E-state index in [9.17, 15) is 10.2 Å². The van der Waals surface area contributed by atoms with Gasteiger partial charge in [0.2, 0.25) is 0 Å². The van der Waals surface area contributed by atoms with Crippen LogP contribution in [0.15, 0.2) is 23.7 Å². The summed E-state index contributed by atoms with van der Waals surface area (Å²) in [7, 11) is 0. The van der Waals surface area contributed by atoms with Crippen LogP contribution in [0.1, 0.15) is 18.1 Å². The molecule has 0 amide bonds. The number of nitrogens with zero attached hydrogens (tertiary/aromatic N) is 1. The van der Waals surface area contributed by atoms with E-state index in [0.29, 0.717) is 18.5 Å². The average Bonchev–Trinajstić information content (AvgIpc) is 2.75. The number of nitrogens with two attached hydrogens (primary N) is 1. The highest BCUT2D eigenvalue weighted by Crippen LogP contribution is 2.24. The second kappa shape index (κ2) is 4.88. The SMILES string of the molecule is NCCC(O)C(O)c1ccc2scnc2c1. The highest BCUT2D eigenvalue weighted by molar-refractivity contribution is 7.16. The summed E-state index contributed by atoms with van der Waals surface area (Å²) in [6, 6.07) is 5.52. The topological polar surface area (TPSA) is 79.4 Å². The fraction of sp³-hybridized carbons (Fsp3) is 0.364. The molecule has 1 aromatic heterocycles. The number of thiazole rings is 1. The molecule has 0 aliphatic carbocycles. The molecule has 2 rings (SSSR count). The largest absolute Gasteiger partial charge is 0.390 e. The van der Waals surface area contributed by atoms with E-state index in [1.807, 2.05) is 12.1 Å². The van der Waals surface area contributed by atoms with Gasteiger partial charge in [-0.05, 0) is 30.7 Å². The number of rotatable bonds is 4. The summed E-state index contributed by atoms with van der Waals surface area (Å²) in [5.74, 6) is 0. The average molecular weight is 238 g/mol. The molecule has 0 bridgehead atoms. The Bertz CT molecular complexity index is 472. The molecule has 0 spiro atoms. The van der Waals surface area contributed by atoms with Gasteiger partial charge in [0, 0.05) is 0 Å². The van der Waals surface area contributed by atoms with Crippen molar-refractivity contribution in [1.29, 1.82) is 0 Å². The molecule has 1 aromatic carbocycles. The quantitative estimate of drug-likeness (QED) is 0.743. The molecule has 0 aliphatic heterocycles. The number of fused-ring (bicyclic) bond motifs is 1. The van der Waals surface area contributed by atoms with Gasteiger partial charge >= 0.3 is 0 Å². The van der Waals surface area contributed by atoms with Crippen LogP contribution in [0, 0.1) is 0 Å². The lowest BCUT2D eigenvalue weighted by atomic mass is 10.0. The Kier molecular flexibility index (Phi) is 3.50. The first-order valence-electron chi connectivity index (χ1n) is 5.11. The molecule has 0 fully saturated rings. The lowest BCUT2D eigenvalue weighted by Gasteiger charge is -2.17.